The third-order valence-corrected chi connectivity index (χ3v) is 4.70. The van der Waals surface area contributed by atoms with E-state index in [0.29, 0.717) is 37.4 Å². The van der Waals surface area contributed by atoms with Crippen molar-refractivity contribution in [1.82, 2.24) is 5.32 Å². The molecular weight excluding hydrogens is 374 g/mol. The van der Waals surface area contributed by atoms with Crippen molar-refractivity contribution in [2.45, 2.75) is 18.9 Å². The molecule has 2 aromatic rings. The number of rotatable bonds is 6. The number of benzene rings is 1. The van der Waals surface area contributed by atoms with E-state index in [0.717, 1.165) is 11.4 Å². The number of thiophene rings is 1. The van der Waals surface area contributed by atoms with Crippen molar-refractivity contribution >= 4 is 46.9 Å². The van der Waals surface area contributed by atoms with Gasteiger partial charge in [0.05, 0.1) is 31.0 Å². The van der Waals surface area contributed by atoms with Crippen LogP contribution in [0.2, 0.25) is 0 Å². The highest BCUT2D eigenvalue weighted by Gasteiger charge is 2.18. The van der Waals surface area contributed by atoms with Crippen LogP contribution in [0.1, 0.15) is 11.3 Å². The minimum Gasteiger partial charge on any atom is -0.378 e. The van der Waals surface area contributed by atoms with Crippen molar-refractivity contribution in [3.63, 3.8) is 0 Å². The van der Waals surface area contributed by atoms with Gasteiger partial charge in [-0.25, -0.2) is 0 Å². The highest BCUT2D eigenvalue weighted by Crippen LogP contribution is 2.22. The van der Waals surface area contributed by atoms with Crippen molar-refractivity contribution in [1.29, 1.82) is 0 Å². The van der Waals surface area contributed by atoms with Gasteiger partial charge in [0, 0.05) is 23.9 Å². The van der Waals surface area contributed by atoms with Crippen LogP contribution in [0.4, 0.5) is 11.4 Å². The fourth-order valence-corrected chi connectivity index (χ4v) is 3.35. The molecule has 26 heavy (non-hydrogen) atoms. The van der Waals surface area contributed by atoms with Gasteiger partial charge in [0.2, 0.25) is 11.8 Å². The molecule has 1 unspecified atom stereocenters. The molecule has 1 aliphatic rings. The number of hydrogen-bond acceptors (Lipinski definition) is 5. The van der Waals surface area contributed by atoms with Crippen LogP contribution in [0.3, 0.4) is 0 Å². The molecule has 1 aromatic carbocycles. The molecule has 2 amide bonds. The van der Waals surface area contributed by atoms with E-state index >= 15 is 0 Å². The monoisotopic (exact) mass is 395 g/mol. The molecule has 0 radical (unpaired) electrons. The van der Waals surface area contributed by atoms with E-state index < -0.39 is 0 Å². The standard InChI is InChI=1S/C18H21N3O3S.ClH/c22-17(10-13-12-24-8-7-19-13)20-15-5-1-2-6-16(15)21-18(23)11-14-4-3-9-25-14;/h1-6,9,13,19H,7-8,10-12H2,(H,20,22)(H,21,23);1H. The van der Waals surface area contributed by atoms with Crippen molar-refractivity contribution < 1.29 is 14.3 Å². The number of anilines is 2. The van der Waals surface area contributed by atoms with Crippen LogP contribution in [0.15, 0.2) is 41.8 Å². The third-order valence-electron chi connectivity index (χ3n) is 3.82. The highest BCUT2D eigenvalue weighted by molar-refractivity contribution is 7.10. The number of amides is 2. The minimum atomic E-state index is -0.108. The predicted molar refractivity (Wildman–Crippen MR) is 106 cm³/mol. The lowest BCUT2D eigenvalue weighted by Crippen LogP contribution is -2.43. The van der Waals surface area contributed by atoms with E-state index in [9.17, 15) is 9.59 Å². The lowest BCUT2D eigenvalue weighted by atomic mass is 10.2. The summed E-state index contributed by atoms with van der Waals surface area (Å²) >= 11 is 1.55. The van der Waals surface area contributed by atoms with Crippen LogP contribution in [0.5, 0.6) is 0 Å². The summed E-state index contributed by atoms with van der Waals surface area (Å²) in [5.41, 5.74) is 1.20. The van der Waals surface area contributed by atoms with Gasteiger partial charge in [0.1, 0.15) is 0 Å². The third kappa shape index (κ3) is 6.10. The van der Waals surface area contributed by atoms with E-state index in [-0.39, 0.29) is 30.3 Å². The van der Waals surface area contributed by atoms with Crippen LogP contribution in [-0.4, -0.2) is 37.6 Å². The second kappa shape index (κ2) is 10.3. The molecule has 0 spiro atoms. The topological polar surface area (TPSA) is 79.5 Å². The summed E-state index contributed by atoms with van der Waals surface area (Å²) in [6, 6.07) is 11.1. The number of carbonyl (C=O) groups excluding carboxylic acids is 2. The Morgan fingerprint density at radius 3 is 2.46 bits per heavy atom. The predicted octanol–water partition coefficient (Wildman–Crippen LogP) is 2.67. The summed E-state index contributed by atoms with van der Waals surface area (Å²) in [6.07, 6.45) is 0.654. The number of morpholine rings is 1. The smallest absolute Gasteiger partial charge is 0.229 e. The van der Waals surface area contributed by atoms with Crippen LogP contribution in [0.25, 0.3) is 0 Å². The Kier molecular flexibility index (Phi) is 8.06. The number of nitrogens with one attached hydrogen (secondary N) is 3. The Balaban J connectivity index is 0.00000243. The first-order valence-electron chi connectivity index (χ1n) is 8.23. The first-order valence-corrected chi connectivity index (χ1v) is 9.11. The molecule has 3 rings (SSSR count). The van der Waals surface area contributed by atoms with E-state index in [2.05, 4.69) is 16.0 Å². The molecule has 1 fully saturated rings. The van der Waals surface area contributed by atoms with E-state index in [1.165, 1.54) is 0 Å². The second-order valence-corrected chi connectivity index (χ2v) is 6.86. The minimum absolute atomic E-state index is 0. The van der Waals surface area contributed by atoms with Crippen LogP contribution >= 0.6 is 23.7 Å². The zero-order valence-corrected chi connectivity index (χ0v) is 15.8. The van der Waals surface area contributed by atoms with Gasteiger partial charge in [0.25, 0.3) is 0 Å². The zero-order valence-electron chi connectivity index (χ0n) is 14.2. The number of hydrogen-bond donors (Lipinski definition) is 3. The second-order valence-electron chi connectivity index (χ2n) is 5.83. The van der Waals surface area contributed by atoms with Crippen molar-refractivity contribution in [2.75, 3.05) is 30.4 Å². The quantitative estimate of drug-likeness (QED) is 0.702. The molecule has 6 nitrogen and oxygen atoms in total. The molecule has 0 aliphatic carbocycles. The first kappa shape index (κ1) is 20.4. The maximum Gasteiger partial charge on any atom is 0.229 e. The normalized spacial score (nSPS) is 16.4. The van der Waals surface area contributed by atoms with Crippen LogP contribution < -0.4 is 16.0 Å². The van der Waals surface area contributed by atoms with E-state index in [1.807, 2.05) is 29.6 Å². The maximum absolute atomic E-state index is 12.3. The average molecular weight is 396 g/mol. The Morgan fingerprint density at radius 1 is 1.12 bits per heavy atom. The molecule has 1 atom stereocenters. The van der Waals surface area contributed by atoms with Gasteiger partial charge in [-0.3, -0.25) is 9.59 Å². The Labute approximate surface area is 162 Å². The molecule has 3 N–H and O–H groups in total. The van der Waals surface area contributed by atoms with E-state index in [4.69, 9.17) is 4.74 Å². The fraction of sp³-hybridized carbons (Fsp3) is 0.333. The van der Waals surface area contributed by atoms with Gasteiger partial charge in [-0.15, -0.1) is 23.7 Å². The van der Waals surface area contributed by atoms with Crippen molar-refractivity contribution in [3.8, 4) is 0 Å². The lowest BCUT2D eigenvalue weighted by molar-refractivity contribution is -0.117. The summed E-state index contributed by atoms with van der Waals surface area (Å²) in [4.78, 5) is 25.5. The molecule has 1 aromatic heterocycles. The fourth-order valence-electron chi connectivity index (χ4n) is 2.64. The van der Waals surface area contributed by atoms with Crippen LogP contribution in [-0.2, 0) is 20.7 Å². The Hall–Kier alpha value is -1.93. The van der Waals surface area contributed by atoms with Gasteiger partial charge >= 0.3 is 0 Å². The van der Waals surface area contributed by atoms with Gasteiger partial charge in [-0.1, -0.05) is 18.2 Å². The molecule has 1 aliphatic heterocycles. The number of halogens is 1. The molecular formula is C18H22ClN3O3S. The summed E-state index contributed by atoms with van der Waals surface area (Å²) in [5, 5.41) is 10.9. The zero-order chi connectivity index (χ0) is 17.5. The SMILES string of the molecule is Cl.O=C(Cc1cccs1)Nc1ccccc1NC(=O)CC1COCCN1. The Morgan fingerprint density at radius 2 is 1.85 bits per heavy atom. The first-order chi connectivity index (χ1) is 12.2. The summed E-state index contributed by atoms with van der Waals surface area (Å²) < 4.78 is 5.36. The molecule has 1 saturated heterocycles. The summed E-state index contributed by atoms with van der Waals surface area (Å²) in [5.74, 6) is -0.213. The van der Waals surface area contributed by atoms with Crippen molar-refractivity contribution in [3.05, 3.63) is 46.7 Å². The van der Waals surface area contributed by atoms with E-state index in [1.54, 1.807) is 23.5 Å². The summed E-state index contributed by atoms with van der Waals surface area (Å²) in [6.45, 7) is 1.97. The average Bonchev–Trinajstić information content (AvgIpc) is 3.10. The van der Waals surface area contributed by atoms with Gasteiger partial charge in [0.15, 0.2) is 0 Å². The molecule has 2 heterocycles. The highest BCUT2D eigenvalue weighted by atomic mass is 35.5. The molecule has 140 valence electrons. The van der Waals surface area contributed by atoms with Crippen molar-refractivity contribution in [2.24, 2.45) is 0 Å². The molecule has 0 saturated carbocycles. The molecule has 8 heteroatoms. The number of carbonyl (C=O) groups is 2. The lowest BCUT2D eigenvalue weighted by Gasteiger charge is -2.23. The van der Waals surface area contributed by atoms with Gasteiger partial charge in [-0.2, -0.15) is 0 Å². The number of ether oxygens (including phenoxy) is 1. The van der Waals surface area contributed by atoms with Crippen LogP contribution in [0, 0.1) is 0 Å². The largest absolute Gasteiger partial charge is 0.378 e. The summed E-state index contributed by atoms with van der Waals surface area (Å²) in [7, 11) is 0. The Bertz CT molecular complexity index is 718. The number of para-hydroxylation sites is 2. The van der Waals surface area contributed by atoms with Gasteiger partial charge < -0.3 is 20.7 Å². The maximum atomic E-state index is 12.3. The molecule has 0 bridgehead atoms. The van der Waals surface area contributed by atoms with Gasteiger partial charge in [-0.05, 0) is 23.6 Å².